The molecular formula is C19H14Cl2N2O4S. The van der Waals surface area contributed by atoms with Crippen molar-refractivity contribution >= 4 is 64.1 Å². The first-order valence-electron chi connectivity index (χ1n) is 7.95. The van der Waals surface area contributed by atoms with Gasteiger partial charge in [0.1, 0.15) is 5.57 Å². The Morgan fingerprint density at radius 2 is 1.71 bits per heavy atom. The molecule has 0 radical (unpaired) electrons. The Bertz CT molecular complexity index is 1010. The molecule has 0 spiro atoms. The lowest BCUT2D eigenvalue weighted by Gasteiger charge is -2.29. The second-order valence-electron chi connectivity index (χ2n) is 5.64. The van der Waals surface area contributed by atoms with Crippen LogP contribution in [0.15, 0.2) is 42.0 Å². The van der Waals surface area contributed by atoms with Crippen LogP contribution in [-0.4, -0.2) is 31.1 Å². The average molecular weight is 437 g/mol. The van der Waals surface area contributed by atoms with Crippen LogP contribution in [-0.2, 0) is 9.59 Å². The predicted octanol–water partition coefficient (Wildman–Crippen LogP) is 3.84. The van der Waals surface area contributed by atoms with Gasteiger partial charge in [-0.3, -0.25) is 19.8 Å². The molecule has 3 rings (SSSR count). The second-order valence-corrected chi connectivity index (χ2v) is 6.84. The Hall–Kier alpha value is -2.61. The minimum absolute atomic E-state index is 0.0205. The number of amides is 2. The first-order chi connectivity index (χ1) is 13.4. The molecule has 1 fully saturated rings. The molecule has 2 aromatic carbocycles. The fraction of sp³-hybridized carbons (Fsp3) is 0.105. The minimum Gasteiger partial charge on any atom is -0.493 e. The quantitative estimate of drug-likeness (QED) is 0.447. The van der Waals surface area contributed by atoms with Crippen molar-refractivity contribution in [1.82, 2.24) is 5.32 Å². The fourth-order valence-corrected chi connectivity index (χ4v) is 3.35. The van der Waals surface area contributed by atoms with Crippen molar-refractivity contribution < 1.29 is 19.1 Å². The molecule has 144 valence electrons. The number of hydrogen-bond acceptors (Lipinski definition) is 5. The average Bonchev–Trinajstić information content (AvgIpc) is 2.67. The lowest BCUT2D eigenvalue weighted by molar-refractivity contribution is -0.122. The summed E-state index contributed by atoms with van der Waals surface area (Å²) in [7, 11) is 2.93. The van der Waals surface area contributed by atoms with E-state index >= 15 is 0 Å². The van der Waals surface area contributed by atoms with Gasteiger partial charge < -0.3 is 9.47 Å². The standard InChI is InChI=1S/C19H14Cl2N2O4S/c1-26-14-8-3-10(15(21)16(14)27-2)9-13-17(24)22-19(28)23(18(13)25)12-6-4-11(20)5-7-12/h3-9H,1-2H3,(H,22,24,28)/b13-9+. The minimum atomic E-state index is -0.619. The third-order valence-corrected chi connectivity index (χ3v) is 4.93. The molecule has 0 aromatic heterocycles. The molecule has 1 N–H and O–H groups in total. The maximum absolute atomic E-state index is 13.0. The summed E-state index contributed by atoms with van der Waals surface area (Å²) in [5, 5.41) is 3.21. The Morgan fingerprint density at radius 3 is 2.32 bits per heavy atom. The van der Waals surface area contributed by atoms with E-state index in [0.717, 1.165) is 0 Å². The Labute approximate surface area is 176 Å². The van der Waals surface area contributed by atoms with Crippen LogP contribution in [0.3, 0.4) is 0 Å². The van der Waals surface area contributed by atoms with Gasteiger partial charge in [-0.1, -0.05) is 23.2 Å². The molecule has 6 nitrogen and oxygen atoms in total. The zero-order valence-corrected chi connectivity index (χ0v) is 17.1. The van der Waals surface area contributed by atoms with Gasteiger partial charge in [-0.05, 0) is 60.3 Å². The number of carbonyl (C=O) groups is 2. The molecule has 1 aliphatic rings. The first-order valence-corrected chi connectivity index (χ1v) is 9.11. The topological polar surface area (TPSA) is 67.9 Å². The molecule has 0 unspecified atom stereocenters. The van der Waals surface area contributed by atoms with Crippen molar-refractivity contribution in [3.8, 4) is 11.5 Å². The van der Waals surface area contributed by atoms with Crippen LogP contribution in [0.5, 0.6) is 11.5 Å². The summed E-state index contributed by atoms with van der Waals surface area (Å²) < 4.78 is 10.4. The SMILES string of the molecule is COc1ccc(/C=C2\C(=O)NC(=S)N(c3ccc(Cl)cc3)C2=O)c(Cl)c1OC. The summed E-state index contributed by atoms with van der Waals surface area (Å²) in [4.78, 5) is 26.6. The summed E-state index contributed by atoms with van der Waals surface area (Å²) in [5.74, 6) is -0.474. The lowest BCUT2D eigenvalue weighted by Crippen LogP contribution is -2.54. The van der Waals surface area contributed by atoms with Crippen molar-refractivity contribution in [2.45, 2.75) is 0 Å². The third-order valence-electron chi connectivity index (χ3n) is 4.00. The van der Waals surface area contributed by atoms with Crippen LogP contribution in [0.25, 0.3) is 6.08 Å². The van der Waals surface area contributed by atoms with Gasteiger partial charge in [0.05, 0.1) is 24.9 Å². The number of anilines is 1. The van der Waals surface area contributed by atoms with Gasteiger partial charge in [0.2, 0.25) is 0 Å². The van der Waals surface area contributed by atoms with Gasteiger partial charge in [-0.2, -0.15) is 0 Å². The van der Waals surface area contributed by atoms with E-state index < -0.39 is 11.8 Å². The summed E-state index contributed by atoms with van der Waals surface area (Å²) in [6.45, 7) is 0. The maximum Gasteiger partial charge on any atom is 0.270 e. The number of nitrogens with one attached hydrogen (secondary N) is 1. The van der Waals surface area contributed by atoms with Gasteiger partial charge in [-0.15, -0.1) is 0 Å². The number of nitrogens with zero attached hydrogens (tertiary/aromatic N) is 1. The normalized spacial score (nSPS) is 15.6. The van der Waals surface area contributed by atoms with Crippen molar-refractivity contribution in [2.24, 2.45) is 0 Å². The van der Waals surface area contributed by atoms with E-state index in [1.807, 2.05) is 0 Å². The summed E-state index contributed by atoms with van der Waals surface area (Å²) in [5.41, 5.74) is 0.767. The maximum atomic E-state index is 13.0. The number of rotatable bonds is 4. The number of carbonyl (C=O) groups excluding carboxylic acids is 2. The van der Waals surface area contributed by atoms with E-state index in [2.05, 4.69) is 5.32 Å². The summed E-state index contributed by atoms with van der Waals surface area (Å²) in [6, 6.07) is 9.76. The number of ether oxygens (including phenoxy) is 2. The first kappa shape index (κ1) is 20.1. The third kappa shape index (κ3) is 3.69. The number of halogens is 2. The molecule has 9 heteroatoms. The van der Waals surface area contributed by atoms with Crippen molar-refractivity contribution in [3.63, 3.8) is 0 Å². The van der Waals surface area contributed by atoms with Crippen LogP contribution >= 0.6 is 35.4 Å². The van der Waals surface area contributed by atoms with E-state index in [1.54, 1.807) is 36.4 Å². The second kappa shape index (κ2) is 8.18. The Kier molecular flexibility index (Phi) is 5.88. The van der Waals surface area contributed by atoms with Gasteiger partial charge in [0.15, 0.2) is 16.6 Å². The molecule has 0 saturated carbocycles. The molecule has 28 heavy (non-hydrogen) atoms. The van der Waals surface area contributed by atoms with Crippen LogP contribution in [0.4, 0.5) is 5.69 Å². The number of hydrogen-bond donors (Lipinski definition) is 1. The molecule has 1 aliphatic heterocycles. The van der Waals surface area contributed by atoms with Gasteiger partial charge >= 0.3 is 0 Å². The highest BCUT2D eigenvalue weighted by Crippen LogP contribution is 2.38. The van der Waals surface area contributed by atoms with Crippen LogP contribution in [0.1, 0.15) is 5.56 Å². The van der Waals surface area contributed by atoms with Gasteiger partial charge in [0.25, 0.3) is 11.8 Å². The van der Waals surface area contributed by atoms with Crippen LogP contribution in [0.2, 0.25) is 10.0 Å². The zero-order chi connectivity index (χ0) is 20.4. The summed E-state index contributed by atoms with van der Waals surface area (Å²) in [6.07, 6.45) is 1.38. The monoisotopic (exact) mass is 436 g/mol. The van der Waals surface area contributed by atoms with Crippen LogP contribution in [0, 0.1) is 0 Å². The molecule has 0 aliphatic carbocycles. The molecule has 2 aromatic rings. The van der Waals surface area contributed by atoms with E-state index in [4.69, 9.17) is 44.9 Å². The summed E-state index contributed by atoms with van der Waals surface area (Å²) >= 11 is 17.4. The van der Waals surface area contributed by atoms with Crippen molar-refractivity contribution in [2.75, 3.05) is 19.1 Å². The highest BCUT2D eigenvalue weighted by molar-refractivity contribution is 7.80. The smallest absolute Gasteiger partial charge is 0.270 e. The van der Waals surface area contributed by atoms with Gasteiger partial charge in [-0.25, -0.2) is 0 Å². The Balaban J connectivity index is 2.06. The van der Waals surface area contributed by atoms with E-state index in [9.17, 15) is 9.59 Å². The largest absolute Gasteiger partial charge is 0.493 e. The molecule has 2 amide bonds. The number of benzene rings is 2. The molecule has 1 saturated heterocycles. The van der Waals surface area contributed by atoms with Gasteiger partial charge in [0, 0.05) is 5.02 Å². The van der Waals surface area contributed by atoms with Crippen molar-refractivity contribution in [3.05, 3.63) is 57.6 Å². The highest BCUT2D eigenvalue weighted by atomic mass is 35.5. The zero-order valence-electron chi connectivity index (χ0n) is 14.8. The van der Waals surface area contributed by atoms with Crippen molar-refractivity contribution in [1.29, 1.82) is 0 Å². The Morgan fingerprint density at radius 1 is 1.04 bits per heavy atom. The highest BCUT2D eigenvalue weighted by Gasteiger charge is 2.34. The molecule has 0 atom stereocenters. The fourth-order valence-electron chi connectivity index (χ4n) is 2.65. The lowest BCUT2D eigenvalue weighted by atomic mass is 10.1. The predicted molar refractivity (Wildman–Crippen MR) is 112 cm³/mol. The van der Waals surface area contributed by atoms with E-state index in [-0.39, 0.29) is 15.7 Å². The molecule has 0 bridgehead atoms. The van der Waals surface area contributed by atoms with E-state index in [0.29, 0.717) is 27.8 Å². The number of methoxy groups -OCH3 is 2. The molecular weight excluding hydrogens is 423 g/mol. The number of thiocarbonyl (C=S) groups is 1. The molecule has 1 heterocycles. The van der Waals surface area contributed by atoms with Crippen LogP contribution < -0.4 is 19.7 Å². The van der Waals surface area contributed by atoms with E-state index in [1.165, 1.54) is 25.2 Å².